The van der Waals surface area contributed by atoms with Crippen molar-refractivity contribution in [1.82, 2.24) is 5.32 Å². The van der Waals surface area contributed by atoms with Crippen molar-refractivity contribution in [3.05, 3.63) is 72.2 Å². The average molecular weight is 468 g/mol. The molecule has 3 N–H and O–H groups in total. The van der Waals surface area contributed by atoms with E-state index in [1.807, 2.05) is 13.8 Å². The summed E-state index contributed by atoms with van der Waals surface area (Å²) in [4.78, 5) is 24.9. The van der Waals surface area contributed by atoms with Crippen molar-refractivity contribution >= 4 is 40.5 Å². The number of hydrogen-bond donors (Lipinski definition) is 3. The van der Waals surface area contributed by atoms with E-state index in [1.165, 1.54) is 13.4 Å². The fraction of sp³-hybridized carbons (Fsp3) is 0.208. The van der Waals surface area contributed by atoms with Gasteiger partial charge in [0.15, 0.2) is 10.9 Å². The molecule has 0 radical (unpaired) electrons. The maximum absolute atomic E-state index is 12.6. The number of hydrogen-bond acceptors (Lipinski definition) is 6. The normalized spacial score (nSPS) is 10.4. The number of rotatable bonds is 8. The van der Waals surface area contributed by atoms with Crippen LogP contribution in [-0.4, -0.2) is 30.6 Å². The van der Waals surface area contributed by atoms with Crippen molar-refractivity contribution in [2.75, 3.05) is 24.4 Å². The highest BCUT2D eigenvalue weighted by molar-refractivity contribution is 7.80. The van der Waals surface area contributed by atoms with E-state index in [2.05, 4.69) is 16.0 Å². The fourth-order valence-electron chi connectivity index (χ4n) is 2.80. The van der Waals surface area contributed by atoms with Gasteiger partial charge in [-0.1, -0.05) is 19.9 Å². The van der Waals surface area contributed by atoms with Crippen LogP contribution in [0.25, 0.3) is 0 Å². The molecule has 172 valence electrons. The second-order valence-corrected chi connectivity index (χ2v) is 7.90. The van der Waals surface area contributed by atoms with Gasteiger partial charge in [0.25, 0.3) is 11.8 Å². The molecule has 1 aromatic heterocycles. The van der Waals surface area contributed by atoms with Crippen molar-refractivity contribution in [1.29, 1.82) is 0 Å². The molecule has 2 amide bonds. The molecule has 8 nitrogen and oxygen atoms in total. The zero-order valence-electron chi connectivity index (χ0n) is 18.5. The molecule has 0 bridgehead atoms. The molecule has 0 saturated carbocycles. The first-order valence-electron chi connectivity index (χ1n) is 10.2. The van der Waals surface area contributed by atoms with Crippen LogP contribution < -0.4 is 25.4 Å². The predicted molar refractivity (Wildman–Crippen MR) is 130 cm³/mol. The number of benzene rings is 2. The summed E-state index contributed by atoms with van der Waals surface area (Å²) in [5.74, 6) is 0.857. The van der Waals surface area contributed by atoms with Crippen molar-refractivity contribution in [3.8, 4) is 11.5 Å². The Kier molecular flexibility index (Phi) is 8.04. The van der Waals surface area contributed by atoms with Crippen LogP contribution in [0.3, 0.4) is 0 Å². The quantitative estimate of drug-likeness (QED) is 0.413. The molecule has 0 aliphatic heterocycles. The van der Waals surface area contributed by atoms with Gasteiger partial charge in [0.05, 0.1) is 25.7 Å². The van der Waals surface area contributed by atoms with Crippen LogP contribution in [0.15, 0.2) is 65.3 Å². The monoisotopic (exact) mass is 467 g/mol. The summed E-state index contributed by atoms with van der Waals surface area (Å²) in [6, 6.07) is 15.0. The van der Waals surface area contributed by atoms with E-state index in [1.54, 1.807) is 54.6 Å². The lowest BCUT2D eigenvalue weighted by atomic mass is 10.2. The van der Waals surface area contributed by atoms with E-state index in [0.717, 1.165) is 0 Å². The number of methoxy groups -OCH3 is 1. The van der Waals surface area contributed by atoms with Gasteiger partial charge in [-0.15, -0.1) is 0 Å². The van der Waals surface area contributed by atoms with Crippen LogP contribution >= 0.6 is 12.2 Å². The van der Waals surface area contributed by atoms with Gasteiger partial charge < -0.3 is 24.5 Å². The lowest BCUT2D eigenvalue weighted by Gasteiger charge is -2.15. The van der Waals surface area contributed by atoms with E-state index in [-0.39, 0.29) is 16.8 Å². The van der Waals surface area contributed by atoms with Crippen molar-refractivity contribution in [3.63, 3.8) is 0 Å². The molecule has 1 heterocycles. The minimum Gasteiger partial charge on any atom is -0.495 e. The van der Waals surface area contributed by atoms with Crippen LogP contribution in [0, 0.1) is 5.92 Å². The number of ether oxygens (including phenoxy) is 2. The number of carbonyl (C=O) groups excluding carboxylic acids is 2. The molecule has 2 aromatic carbocycles. The van der Waals surface area contributed by atoms with E-state index in [9.17, 15) is 9.59 Å². The highest BCUT2D eigenvalue weighted by atomic mass is 32.1. The molecule has 0 aliphatic rings. The maximum Gasteiger partial charge on any atom is 0.291 e. The number of furan rings is 1. The Morgan fingerprint density at radius 3 is 2.55 bits per heavy atom. The lowest BCUT2D eigenvalue weighted by molar-refractivity contribution is 0.0974. The third-order valence-electron chi connectivity index (χ3n) is 4.36. The summed E-state index contributed by atoms with van der Waals surface area (Å²) in [7, 11) is 1.51. The summed E-state index contributed by atoms with van der Waals surface area (Å²) < 4.78 is 16.1. The summed E-state index contributed by atoms with van der Waals surface area (Å²) in [5, 5.41) is 8.37. The zero-order chi connectivity index (χ0) is 23.8. The van der Waals surface area contributed by atoms with Gasteiger partial charge in [0, 0.05) is 11.3 Å². The van der Waals surface area contributed by atoms with Gasteiger partial charge in [-0.2, -0.15) is 0 Å². The average Bonchev–Trinajstić information content (AvgIpc) is 3.33. The third kappa shape index (κ3) is 6.81. The summed E-state index contributed by atoms with van der Waals surface area (Å²) in [6.07, 6.45) is 1.42. The van der Waals surface area contributed by atoms with Crippen molar-refractivity contribution in [2.24, 2.45) is 5.92 Å². The van der Waals surface area contributed by atoms with Crippen LogP contribution in [0.2, 0.25) is 0 Å². The molecule has 9 heteroatoms. The number of amides is 2. The Bertz CT molecular complexity index is 1130. The first-order chi connectivity index (χ1) is 15.9. The van der Waals surface area contributed by atoms with Gasteiger partial charge in [-0.05, 0) is 66.7 Å². The number of nitrogens with one attached hydrogen (secondary N) is 3. The third-order valence-corrected chi connectivity index (χ3v) is 4.56. The minimum atomic E-state index is -0.397. The topological polar surface area (TPSA) is 102 Å². The van der Waals surface area contributed by atoms with Gasteiger partial charge in [-0.25, -0.2) is 0 Å². The van der Waals surface area contributed by atoms with E-state index < -0.39 is 5.91 Å². The molecule has 0 saturated heterocycles. The molecule has 33 heavy (non-hydrogen) atoms. The standard InChI is InChI=1S/C24H25N3O5S/c1-15(2)14-32-18-7-4-6-16(12-18)22(28)27-24(33)26-19-13-17(9-10-20(19)30-3)25-23(29)21-8-5-11-31-21/h4-13,15H,14H2,1-3H3,(H,25,29)(H2,26,27,28,33). The number of anilines is 2. The van der Waals surface area contributed by atoms with E-state index in [0.29, 0.717) is 41.0 Å². The molecule has 0 unspecified atom stereocenters. The Morgan fingerprint density at radius 2 is 1.85 bits per heavy atom. The Labute approximate surface area is 197 Å². The maximum atomic E-state index is 12.6. The largest absolute Gasteiger partial charge is 0.495 e. The second-order valence-electron chi connectivity index (χ2n) is 7.49. The van der Waals surface area contributed by atoms with Gasteiger partial charge in [-0.3, -0.25) is 14.9 Å². The summed E-state index contributed by atoms with van der Waals surface area (Å²) in [5.41, 5.74) is 1.37. The molecular formula is C24H25N3O5S. The van der Waals surface area contributed by atoms with Crippen LogP contribution in [0.4, 0.5) is 11.4 Å². The lowest BCUT2D eigenvalue weighted by Crippen LogP contribution is -2.34. The molecule has 3 aromatic rings. The number of thiocarbonyl (C=S) groups is 1. The van der Waals surface area contributed by atoms with Gasteiger partial charge in [0.1, 0.15) is 11.5 Å². The zero-order valence-corrected chi connectivity index (χ0v) is 19.3. The van der Waals surface area contributed by atoms with Crippen molar-refractivity contribution in [2.45, 2.75) is 13.8 Å². The second kappa shape index (κ2) is 11.1. The summed E-state index contributed by atoms with van der Waals surface area (Å²) in [6.45, 7) is 4.65. The highest BCUT2D eigenvalue weighted by Crippen LogP contribution is 2.28. The highest BCUT2D eigenvalue weighted by Gasteiger charge is 2.14. The minimum absolute atomic E-state index is 0.0707. The summed E-state index contributed by atoms with van der Waals surface area (Å²) >= 11 is 5.30. The number of carbonyl (C=O) groups is 2. The Hall–Kier alpha value is -3.85. The molecule has 0 spiro atoms. The van der Waals surface area contributed by atoms with Gasteiger partial charge >= 0.3 is 0 Å². The molecule has 0 atom stereocenters. The van der Waals surface area contributed by atoms with E-state index in [4.69, 9.17) is 26.1 Å². The van der Waals surface area contributed by atoms with Crippen LogP contribution in [0.1, 0.15) is 34.8 Å². The molecular weight excluding hydrogens is 442 g/mol. The fourth-order valence-corrected chi connectivity index (χ4v) is 3.01. The first-order valence-corrected chi connectivity index (χ1v) is 10.6. The first kappa shape index (κ1) is 23.8. The van der Waals surface area contributed by atoms with Gasteiger partial charge in [0.2, 0.25) is 0 Å². The Balaban J connectivity index is 1.66. The Morgan fingerprint density at radius 1 is 1.03 bits per heavy atom. The molecule has 3 rings (SSSR count). The van der Waals surface area contributed by atoms with Crippen molar-refractivity contribution < 1.29 is 23.5 Å². The van der Waals surface area contributed by atoms with Crippen LogP contribution in [-0.2, 0) is 0 Å². The predicted octanol–water partition coefficient (Wildman–Crippen LogP) is 4.70. The smallest absolute Gasteiger partial charge is 0.291 e. The molecule has 0 aliphatic carbocycles. The SMILES string of the molecule is COc1ccc(NC(=O)c2ccco2)cc1NC(=S)NC(=O)c1cccc(OCC(C)C)c1. The van der Waals surface area contributed by atoms with Crippen LogP contribution in [0.5, 0.6) is 11.5 Å². The molecule has 0 fully saturated rings. The van der Waals surface area contributed by atoms with E-state index >= 15 is 0 Å².